The summed E-state index contributed by atoms with van der Waals surface area (Å²) in [5, 5.41) is 7.70. The van der Waals surface area contributed by atoms with Gasteiger partial charge in [0, 0.05) is 42.7 Å². The SMILES string of the molecule is O=C(NCc1cccnc1N1CCOCC1)c1nn(-c2ccc(F)cc2)c2c1CCCC2. The van der Waals surface area contributed by atoms with Gasteiger partial charge in [0.2, 0.25) is 0 Å². The average molecular weight is 436 g/mol. The highest BCUT2D eigenvalue weighted by Gasteiger charge is 2.26. The van der Waals surface area contributed by atoms with E-state index in [2.05, 4.69) is 20.3 Å². The molecule has 1 N–H and O–H groups in total. The molecule has 1 amide bonds. The number of carbonyl (C=O) groups excluding carboxylic acids is 1. The van der Waals surface area contributed by atoms with E-state index in [0.717, 1.165) is 67.1 Å². The first-order valence-electron chi connectivity index (χ1n) is 11.1. The summed E-state index contributed by atoms with van der Waals surface area (Å²) in [6, 6.07) is 10.1. The third-order valence-electron chi connectivity index (χ3n) is 6.08. The van der Waals surface area contributed by atoms with E-state index >= 15 is 0 Å². The monoisotopic (exact) mass is 435 g/mol. The van der Waals surface area contributed by atoms with Crippen molar-refractivity contribution in [3.8, 4) is 5.69 Å². The number of halogens is 1. The number of benzene rings is 1. The first-order valence-corrected chi connectivity index (χ1v) is 11.1. The van der Waals surface area contributed by atoms with Crippen LogP contribution in [0.3, 0.4) is 0 Å². The van der Waals surface area contributed by atoms with Crippen LogP contribution < -0.4 is 10.2 Å². The topological polar surface area (TPSA) is 72.3 Å². The van der Waals surface area contributed by atoms with Crippen LogP contribution in [-0.4, -0.2) is 47.0 Å². The molecule has 0 spiro atoms. The van der Waals surface area contributed by atoms with Crippen molar-refractivity contribution in [3.63, 3.8) is 0 Å². The summed E-state index contributed by atoms with van der Waals surface area (Å²) in [5.41, 5.74) is 4.24. The minimum absolute atomic E-state index is 0.194. The zero-order chi connectivity index (χ0) is 21.9. The van der Waals surface area contributed by atoms with Crippen molar-refractivity contribution >= 4 is 11.7 Å². The van der Waals surface area contributed by atoms with Gasteiger partial charge < -0.3 is 15.0 Å². The van der Waals surface area contributed by atoms with Crippen LogP contribution in [0.25, 0.3) is 5.69 Å². The van der Waals surface area contributed by atoms with E-state index in [9.17, 15) is 9.18 Å². The highest BCUT2D eigenvalue weighted by molar-refractivity contribution is 5.94. The van der Waals surface area contributed by atoms with Crippen molar-refractivity contribution in [2.45, 2.75) is 32.2 Å². The molecule has 3 aromatic rings. The first kappa shape index (κ1) is 20.6. The highest BCUT2D eigenvalue weighted by Crippen LogP contribution is 2.27. The molecule has 1 aliphatic heterocycles. The fourth-order valence-corrected chi connectivity index (χ4v) is 4.46. The third-order valence-corrected chi connectivity index (χ3v) is 6.08. The molecular formula is C24H26FN5O2. The second-order valence-electron chi connectivity index (χ2n) is 8.14. The number of nitrogens with one attached hydrogen (secondary N) is 1. The van der Waals surface area contributed by atoms with Gasteiger partial charge in [-0.05, 0) is 56.0 Å². The Morgan fingerprint density at radius 3 is 2.69 bits per heavy atom. The molecule has 166 valence electrons. The van der Waals surface area contributed by atoms with Crippen LogP contribution in [0, 0.1) is 5.82 Å². The molecule has 0 radical (unpaired) electrons. The quantitative estimate of drug-likeness (QED) is 0.667. The van der Waals surface area contributed by atoms with E-state index in [1.165, 1.54) is 12.1 Å². The number of fused-ring (bicyclic) bond motifs is 1. The summed E-state index contributed by atoms with van der Waals surface area (Å²) in [6.07, 6.45) is 5.55. The molecule has 2 aromatic heterocycles. The second kappa shape index (κ2) is 9.08. The van der Waals surface area contributed by atoms with E-state index in [0.29, 0.717) is 25.5 Å². The van der Waals surface area contributed by atoms with Gasteiger partial charge in [0.05, 0.1) is 18.9 Å². The Morgan fingerprint density at radius 1 is 1.09 bits per heavy atom. The predicted octanol–water partition coefficient (Wildman–Crippen LogP) is 3.05. The molecule has 0 atom stereocenters. The highest BCUT2D eigenvalue weighted by atomic mass is 19.1. The molecule has 32 heavy (non-hydrogen) atoms. The number of pyridine rings is 1. The molecule has 0 unspecified atom stereocenters. The fourth-order valence-electron chi connectivity index (χ4n) is 4.46. The maximum atomic E-state index is 13.4. The Kier molecular flexibility index (Phi) is 5.85. The van der Waals surface area contributed by atoms with E-state index in [1.807, 2.05) is 12.1 Å². The van der Waals surface area contributed by atoms with Gasteiger partial charge in [-0.2, -0.15) is 5.10 Å². The summed E-state index contributed by atoms with van der Waals surface area (Å²) in [5.74, 6) is 0.399. The Balaban J connectivity index is 1.38. The summed E-state index contributed by atoms with van der Waals surface area (Å²) in [7, 11) is 0. The van der Waals surface area contributed by atoms with Gasteiger partial charge in [0.15, 0.2) is 5.69 Å². The Hall–Kier alpha value is -3.26. The molecule has 5 rings (SSSR count). The minimum atomic E-state index is -0.291. The van der Waals surface area contributed by atoms with Gasteiger partial charge in [-0.15, -0.1) is 0 Å². The summed E-state index contributed by atoms with van der Waals surface area (Å²) in [6.45, 7) is 3.29. The number of amides is 1. The number of hydrogen-bond donors (Lipinski definition) is 1. The maximum Gasteiger partial charge on any atom is 0.272 e. The summed E-state index contributed by atoms with van der Waals surface area (Å²) < 4.78 is 20.6. The van der Waals surface area contributed by atoms with Crippen LogP contribution in [0.2, 0.25) is 0 Å². The lowest BCUT2D eigenvalue weighted by molar-refractivity contribution is 0.0944. The van der Waals surface area contributed by atoms with E-state index in [-0.39, 0.29) is 11.7 Å². The van der Waals surface area contributed by atoms with Crippen LogP contribution >= 0.6 is 0 Å². The fraction of sp³-hybridized carbons (Fsp3) is 0.375. The Labute approximate surface area is 186 Å². The lowest BCUT2D eigenvalue weighted by Crippen LogP contribution is -2.38. The molecule has 8 heteroatoms. The van der Waals surface area contributed by atoms with Crippen LogP contribution in [0.1, 0.15) is 40.2 Å². The average Bonchev–Trinajstić information content (AvgIpc) is 3.24. The van der Waals surface area contributed by atoms with Crippen molar-refractivity contribution < 1.29 is 13.9 Å². The zero-order valence-electron chi connectivity index (χ0n) is 17.9. The van der Waals surface area contributed by atoms with Crippen LogP contribution in [0.4, 0.5) is 10.2 Å². The normalized spacial score (nSPS) is 16.0. The van der Waals surface area contributed by atoms with Gasteiger partial charge in [-0.1, -0.05) is 6.07 Å². The van der Waals surface area contributed by atoms with E-state index in [4.69, 9.17) is 4.74 Å². The van der Waals surface area contributed by atoms with Crippen molar-refractivity contribution in [3.05, 3.63) is 70.9 Å². The van der Waals surface area contributed by atoms with Crippen LogP contribution in [-0.2, 0) is 24.1 Å². The molecule has 7 nitrogen and oxygen atoms in total. The first-order chi connectivity index (χ1) is 15.7. The van der Waals surface area contributed by atoms with Gasteiger partial charge in [-0.3, -0.25) is 4.79 Å². The molecular weight excluding hydrogens is 409 g/mol. The molecule has 1 saturated heterocycles. The second-order valence-corrected chi connectivity index (χ2v) is 8.14. The van der Waals surface area contributed by atoms with Crippen molar-refractivity contribution in [1.29, 1.82) is 0 Å². The Bertz CT molecular complexity index is 1110. The molecule has 3 heterocycles. The van der Waals surface area contributed by atoms with Gasteiger partial charge in [0.1, 0.15) is 11.6 Å². The number of aromatic nitrogens is 3. The third kappa shape index (κ3) is 4.10. The van der Waals surface area contributed by atoms with Crippen LogP contribution in [0.15, 0.2) is 42.6 Å². The maximum absolute atomic E-state index is 13.4. The van der Waals surface area contributed by atoms with Gasteiger partial charge in [0.25, 0.3) is 5.91 Å². The van der Waals surface area contributed by atoms with E-state index < -0.39 is 0 Å². The lowest BCUT2D eigenvalue weighted by Gasteiger charge is -2.29. The molecule has 1 aromatic carbocycles. The summed E-state index contributed by atoms with van der Waals surface area (Å²) in [4.78, 5) is 19.9. The van der Waals surface area contributed by atoms with E-state index in [1.54, 1.807) is 23.0 Å². The molecule has 1 fully saturated rings. The smallest absolute Gasteiger partial charge is 0.272 e. The molecule has 1 aliphatic carbocycles. The number of morpholine rings is 1. The summed E-state index contributed by atoms with van der Waals surface area (Å²) >= 11 is 0. The van der Waals surface area contributed by atoms with Crippen molar-refractivity contribution in [2.75, 3.05) is 31.2 Å². The van der Waals surface area contributed by atoms with Crippen molar-refractivity contribution in [2.24, 2.45) is 0 Å². The molecule has 0 saturated carbocycles. The zero-order valence-corrected chi connectivity index (χ0v) is 17.9. The number of anilines is 1. The Morgan fingerprint density at radius 2 is 1.88 bits per heavy atom. The lowest BCUT2D eigenvalue weighted by atomic mass is 9.95. The number of hydrogen-bond acceptors (Lipinski definition) is 5. The molecule has 0 bridgehead atoms. The number of carbonyl (C=O) groups is 1. The predicted molar refractivity (Wildman–Crippen MR) is 119 cm³/mol. The van der Waals surface area contributed by atoms with Crippen LogP contribution in [0.5, 0.6) is 0 Å². The van der Waals surface area contributed by atoms with Crippen molar-refractivity contribution in [1.82, 2.24) is 20.1 Å². The molecule has 2 aliphatic rings. The van der Waals surface area contributed by atoms with Gasteiger partial charge in [-0.25, -0.2) is 14.1 Å². The number of rotatable bonds is 5. The largest absolute Gasteiger partial charge is 0.378 e. The number of ether oxygens (including phenoxy) is 1. The minimum Gasteiger partial charge on any atom is -0.378 e. The van der Waals surface area contributed by atoms with Gasteiger partial charge >= 0.3 is 0 Å². The standard InChI is InChI=1S/C24H26FN5O2/c25-18-7-9-19(10-8-18)30-21-6-2-1-5-20(21)22(28-30)24(31)27-16-17-4-3-11-26-23(17)29-12-14-32-15-13-29/h3-4,7-11H,1-2,5-6,12-16H2,(H,27,31). The number of nitrogens with zero attached hydrogens (tertiary/aromatic N) is 4.